The summed E-state index contributed by atoms with van der Waals surface area (Å²) in [5, 5.41) is 8.76. The van der Waals surface area contributed by atoms with Crippen molar-refractivity contribution in [2.24, 2.45) is 0 Å². The Labute approximate surface area is 68.9 Å². The third-order valence-corrected chi connectivity index (χ3v) is 1.57. The summed E-state index contributed by atoms with van der Waals surface area (Å²) in [6.07, 6.45) is 0.760. The number of hydrogen-bond acceptors (Lipinski definition) is 2. The Morgan fingerprint density at radius 3 is 2.67 bits per heavy atom. The molecular weight excluding hydrogens is 164 g/mol. The molecule has 0 amide bonds. The van der Waals surface area contributed by atoms with E-state index >= 15 is 0 Å². The van der Waals surface area contributed by atoms with Gasteiger partial charge in [0.15, 0.2) is 0 Å². The van der Waals surface area contributed by atoms with Gasteiger partial charge in [0.05, 0.1) is 0 Å². The van der Waals surface area contributed by atoms with Crippen molar-refractivity contribution < 1.29 is 13.9 Å². The van der Waals surface area contributed by atoms with Gasteiger partial charge in [-0.3, -0.25) is 4.98 Å². The van der Waals surface area contributed by atoms with E-state index in [0.717, 1.165) is 13.1 Å². The number of aliphatic hydroxyl groups is 1. The largest absolute Gasteiger partial charge is 0.387 e. The first kappa shape index (κ1) is 9.06. The van der Waals surface area contributed by atoms with Crippen LogP contribution in [0.25, 0.3) is 0 Å². The predicted molar refractivity (Wildman–Crippen MR) is 39.8 cm³/mol. The van der Waals surface area contributed by atoms with Crippen LogP contribution in [0.5, 0.6) is 0 Å². The second kappa shape index (κ2) is 3.15. The fourth-order valence-electron chi connectivity index (χ4n) is 0.801. The first-order chi connectivity index (χ1) is 5.55. The van der Waals surface area contributed by atoms with Crippen LogP contribution in [0.4, 0.5) is 8.78 Å². The molecule has 1 aromatic rings. The zero-order valence-corrected chi connectivity index (χ0v) is 6.54. The molecule has 0 aromatic carbocycles. The Balaban J connectivity index is 2.98. The molecule has 66 valence electrons. The van der Waals surface area contributed by atoms with Gasteiger partial charge < -0.3 is 5.11 Å². The van der Waals surface area contributed by atoms with Crippen LogP contribution in [-0.2, 0) is 5.92 Å². The highest BCUT2D eigenvalue weighted by atomic mass is 19.3. The molecule has 0 saturated heterocycles. The summed E-state index contributed by atoms with van der Waals surface area (Å²) in [6.45, 7) is 1.05. The van der Waals surface area contributed by atoms with Gasteiger partial charge in [-0.1, -0.05) is 0 Å². The van der Waals surface area contributed by atoms with Gasteiger partial charge in [-0.2, -0.15) is 8.78 Å². The van der Waals surface area contributed by atoms with E-state index < -0.39 is 12.0 Å². The van der Waals surface area contributed by atoms with Crippen molar-refractivity contribution in [1.29, 1.82) is 0 Å². The maximum atomic E-state index is 13.0. The topological polar surface area (TPSA) is 33.1 Å². The minimum Gasteiger partial charge on any atom is -0.387 e. The Kier molecular flexibility index (Phi) is 2.38. The van der Waals surface area contributed by atoms with Crippen LogP contribution in [0, 0.1) is 0 Å². The second-order valence-electron chi connectivity index (χ2n) is 2.54. The lowest BCUT2D eigenvalue weighted by Gasteiger charge is -2.18. The van der Waals surface area contributed by atoms with Gasteiger partial charge in [-0.15, -0.1) is 0 Å². The first-order valence-corrected chi connectivity index (χ1v) is 3.51. The molecule has 2 nitrogen and oxygen atoms in total. The third-order valence-electron chi connectivity index (χ3n) is 1.57. The van der Waals surface area contributed by atoms with Crippen LogP contribution in [0.15, 0.2) is 24.5 Å². The molecule has 1 heterocycles. The average Bonchev–Trinajstić information content (AvgIpc) is 2.06. The monoisotopic (exact) mass is 173 g/mol. The summed E-state index contributed by atoms with van der Waals surface area (Å²) in [5.41, 5.74) is -0.264. The zero-order chi connectivity index (χ0) is 9.19. The maximum absolute atomic E-state index is 13.0. The summed E-state index contributed by atoms with van der Waals surface area (Å²) < 4.78 is 26.0. The zero-order valence-electron chi connectivity index (χ0n) is 6.54. The van der Waals surface area contributed by atoms with Crippen molar-refractivity contribution in [3.8, 4) is 0 Å². The number of pyridine rings is 1. The Morgan fingerprint density at radius 1 is 1.58 bits per heavy atom. The number of rotatable bonds is 2. The fraction of sp³-hybridized carbons (Fsp3) is 0.375. The lowest BCUT2D eigenvalue weighted by molar-refractivity contribution is -0.106. The first-order valence-electron chi connectivity index (χ1n) is 3.51. The van der Waals surface area contributed by atoms with E-state index in [9.17, 15) is 8.78 Å². The van der Waals surface area contributed by atoms with E-state index in [-0.39, 0.29) is 5.56 Å². The number of alkyl halides is 2. The van der Waals surface area contributed by atoms with Crippen molar-refractivity contribution >= 4 is 0 Å². The number of nitrogens with zero attached hydrogens (tertiary/aromatic N) is 1. The molecule has 0 aliphatic carbocycles. The summed E-state index contributed by atoms with van der Waals surface area (Å²) in [4.78, 5) is 3.54. The Bertz CT molecular complexity index is 248. The predicted octanol–water partition coefficient (Wildman–Crippen LogP) is 1.55. The summed E-state index contributed by atoms with van der Waals surface area (Å²) >= 11 is 0. The minimum atomic E-state index is -3.21. The standard InChI is InChI=1S/C8H9F2NO/c1-6(12)8(9,10)7-3-2-4-11-5-7/h2-6,12H,1H3. The Morgan fingerprint density at radius 2 is 2.25 bits per heavy atom. The summed E-state index contributed by atoms with van der Waals surface area (Å²) in [5.74, 6) is -3.21. The normalized spacial score (nSPS) is 14.3. The molecule has 1 rings (SSSR count). The highest BCUT2D eigenvalue weighted by molar-refractivity contribution is 5.16. The fourth-order valence-corrected chi connectivity index (χ4v) is 0.801. The second-order valence-corrected chi connectivity index (χ2v) is 2.54. The maximum Gasteiger partial charge on any atom is 0.299 e. The van der Waals surface area contributed by atoms with Crippen molar-refractivity contribution in [3.63, 3.8) is 0 Å². The molecule has 0 saturated carbocycles. The van der Waals surface area contributed by atoms with Gasteiger partial charge in [0, 0.05) is 18.0 Å². The molecule has 1 aromatic heterocycles. The SMILES string of the molecule is CC(O)C(F)(F)c1cccnc1. The lowest BCUT2D eigenvalue weighted by Crippen LogP contribution is -2.27. The molecule has 0 spiro atoms. The van der Waals surface area contributed by atoms with E-state index in [1.807, 2.05) is 0 Å². The van der Waals surface area contributed by atoms with Crippen molar-refractivity contribution in [1.82, 2.24) is 4.98 Å². The molecule has 1 N–H and O–H groups in total. The van der Waals surface area contributed by atoms with Crippen LogP contribution >= 0.6 is 0 Å². The number of halogens is 2. The molecule has 12 heavy (non-hydrogen) atoms. The van der Waals surface area contributed by atoms with Crippen LogP contribution in [0.1, 0.15) is 12.5 Å². The van der Waals surface area contributed by atoms with Crippen LogP contribution in [0.3, 0.4) is 0 Å². The quantitative estimate of drug-likeness (QED) is 0.736. The van der Waals surface area contributed by atoms with Crippen LogP contribution < -0.4 is 0 Å². The highest BCUT2D eigenvalue weighted by Gasteiger charge is 2.37. The van der Waals surface area contributed by atoms with Crippen molar-refractivity contribution in [3.05, 3.63) is 30.1 Å². The van der Waals surface area contributed by atoms with E-state index in [1.54, 1.807) is 0 Å². The summed E-state index contributed by atoms with van der Waals surface area (Å²) in [6, 6.07) is 2.64. The molecule has 0 aliphatic rings. The molecule has 0 bridgehead atoms. The molecule has 1 unspecified atom stereocenters. The van der Waals surface area contributed by atoms with Gasteiger partial charge in [-0.25, -0.2) is 0 Å². The van der Waals surface area contributed by atoms with E-state index in [1.165, 1.54) is 18.3 Å². The molecule has 4 heteroatoms. The molecule has 0 radical (unpaired) electrons. The smallest absolute Gasteiger partial charge is 0.299 e. The highest BCUT2D eigenvalue weighted by Crippen LogP contribution is 2.30. The molecule has 0 fully saturated rings. The summed E-state index contributed by atoms with van der Waals surface area (Å²) in [7, 11) is 0. The van der Waals surface area contributed by atoms with Crippen LogP contribution in [-0.4, -0.2) is 16.2 Å². The number of aromatic nitrogens is 1. The molecule has 1 atom stereocenters. The number of aliphatic hydroxyl groups excluding tert-OH is 1. The average molecular weight is 173 g/mol. The van der Waals surface area contributed by atoms with Crippen molar-refractivity contribution in [2.75, 3.05) is 0 Å². The van der Waals surface area contributed by atoms with Crippen LogP contribution in [0.2, 0.25) is 0 Å². The van der Waals surface area contributed by atoms with Gasteiger partial charge in [0.25, 0.3) is 5.92 Å². The molecule has 0 aliphatic heterocycles. The molecular formula is C8H9F2NO. The minimum absolute atomic E-state index is 0.264. The van der Waals surface area contributed by atoms with E-state index in [0.29, 0.717) is 0 Å². The van der Waals surface area contributed by atoms with Crippen molar-refractivity contribution in [2.45, 2.75) is 19.0 Å². The van der Waals surface area contributed by atoms with E-state index in [2.05, 4.69) is 4.98 Å². The third kappa shape index (κ3) is 1.58. The van der Waals surface area contributed by atoms with Gasteiger partial charge in [0.1, 0.15) is 6.10 Å². The van der Waals surface area contributed by atoms with Gasteiger partial charge >= 0.3 is 0 Å². The van der Waals surface area contributed by atoms with E-state index in [4.69, 9.17) is 5.11 Å². The lowest BCUT2D eigenvalue weighted by atomic mass is 10.1. The van der Waals surface area contributed by atoms with Gasteiger partial charge in [-0.05, 0) is 19.1 Å². The Hall–Kier alpha value is -1.03. The van der Waals surface area contributed by atoms with Gasteiger partial charge in [0.2, 0.25) is 0 Å². The number of hydrogen-bond donors (Lipinski definition) is 1.